The van der Waals surface area contributed by atoms with E-state index in [0.717, 1.165) is 6.42 Å². The van der Waals surface area contributed by atoms with Crippen molar-refractivity contribution in [3.63, 3.8) is 0 Å². The van der Waals surface area contributed by atoms with Crippen LogP contribution in [0.3, 0.4) is 0 Å². The Balaban J connectivity index is 2.73. The van der Waals surface area contributed by atoms with Crippen molar-refractivity contribution in [1.29, 1.82) is 0 Å². The van der Waals surface area contributed by atoms with Crippen LogP contribution in [0, 0.1) is 5.92 Å². The summed E-state index contributed by atoms with van der Waals surface area (Å²) >= 11 is 0. The molecule has 1 rings (SSSR count). The zero-order valence-corrected chi connectivity index (χ0v) is 9.86. The summed E-state index contributed by atoms with van der Waals surface area (Å²) in [5.41, 5.74) is 2.60. The Labute approximate surface area is 92.8 Å². The van der Waals surface area contributed by atoms with E-state index < -0.39 is 0 Å². The van der Waals surface area contributed by atoms with Gasteiger partial charge in [0.25, 0.3) is 0 Å². The van der Waals surface area contributed by atoms with Crippen molar-refractivity contribution < 1.29 is 4.74 Å². The summed E-state index contributed by atoms with van der Waals surface area (Å²) in [4.78, 5) is 0. The molecule has 0 heterocycles. The van der Waals surface area contributed by atoms with Gasteiger partial charge in [-0.2, -0.15) is 0 Å². The first-order valence-electron chi connectivity index (χ1n) is 5.40. The molecule has 1 aliphatic rings. The highest BCUT2D eigenvalue weighted by molar-refractivity contribution is 5.42. The fourth-order valence-corrected chi connectivity index (χ4v) is 1.50. The molecule has 1 heteroatoms. The quantitative estimate of drug-likeness (QED) is 0.635. The van der Waals surface area contributed by atoms with Crippen molar-refractivity contribution in [2.75, 3.05) is 7.11 Å². The number of rotatable bonds is 4. The molecule has 0 radical (unpaired) electrons. The second kappa shape index (κ2) is 5.72. The van der Waals surface area contributed by atoms with Gasteiger partial charge in [-0.3, -0.25) is 0 Å². The normalized spacial score (nSPS) is 23.5. The zero-order valence-electron chi connectivity index (χ0n) is 9.86. The number of ether oxygens (including phenoxy) is 1. The summed E-state index contributed by atoms with van der Waals surface area (Å²) in [6, 6.07) is 0. The lowest BCUT2D eigenvalue weighted by Gasteiger charge is -2.17. The fourth-order valence-electron chi connectivity index (χ4n) is 1.50. The summed E-state index contributed by atoms with van der Waals surface area (Å²) in [5.74, 6) is 0.418. The van der Waals surface area contributed by atoms with E-state index >= 15 is 0 Å². The summed E-state index contributed by atoms with van der Waals surface area (Å²) in [7, 11) is 1.75. The van der Waals surface area contributed by atoms with Gasteiger partial charge in [0.15, 0.2) is 0 Å². The smallest absolute Gasteiger partial charge is 0.0795 e. The second-order valence-corrected chi connectivity index (χ2v) is 3.97. The third-order valence-electron chi connectivity index (χ3n) is 2.73. The van der Waals surface area contributed by atoms with Gasteiger partial charge in [-0.1, -0.05) is 31.2 Å². The third kappa shape index (κ3) is 3.52. The maximum absolute atomic E-state index is 5.33. The van der Waals surface area contributed by atoms with Gasteiger partial charge < -0.3 is 4.74 Å². The molecule has 0 spiro atoms. The Kier molecular flexibility index (Phi) is 4.57. The molecule has 82 valence electrons. The Hall–Kier alpha value is -1.08. The monoisotopic (exact) mass is 204 g/mol. The minimum absolute atomic E-state index is 0.229. The predicted molar refractivity (Wildman–Crippen MR) is 65.8 cm³/mol. The number of allylic oxidation sites excluding steroid dienone is 5. The Bertz CT molecular complexity index is 307. The average Bonchev–Trinajstić information content (AvgIpc) is 2.27. The lowest BCUT2D eigenvalue weighted by molar-refractivity contribution is 0.142. The van der Waals surface area contributed by atoms with Gasteiger partial charge >= 0.3 is 0 Å². The van der Waals surface area contributed by atoms with Crippen LogP contribution in [0.1, 0.15) is 20.3 Å². The van der Waals surface area contributed by atoms with Crippen LogP contribution in [0.5, 0.6) is 0 Å². The van der Waals surface area contributed by atoms with E-state index in [4.69, 9.17) is 4.74 Å². The van der Waals surface area contributed by atoms with Crippen LogP contribution in [-0.4, -0.2) is 13.2 Å². The highest BCUT2D eigenvalue weighted by atomic mass is 16.5. The average molecular weight is 204 g/mol. The van der Waals surface area contributed by atoms with Crippen molar-refractivity contribution in [2.45, 2.75) is 26.4 Å². The molecular weight excluding hydrogens is 184 g/mol. The summed E-state index contributed by atoms with van der Waals surface area (Å²) in [5, 5.41) is 0. The van der Waals surface area contributed by atoms with Gasteiger partial charge in [0, 0.05) is 7.11 Å². The lowest BCUT2D eigenvalue weighted by atomic mass is 9.96. The first-order valence-corrected chi connectivity index (χ1v) is 5.40. The molecule has 0 aliphatic heterocycles. The summed E-state index contributed by atoms with van der Waals surface area (Å²) in [6.45, 7) is 8.03. The predicted octanol–water partition coefficient (Wildman–Crippen LogP) is 3.66. The van der Waals surface area contributed by atoms with Gasteiger partial charge in [-0.15, -0.1) is 6.58 Å². The molecule has 15 heavy (non-hydrogen) atoms. The molecule has 1 nitrogen and oxygen atoms in total. The SMILES string of the molecule is C=CC(C)C=CC1=CC(OC)CC=C1C. The Morgan fingerprint density at radius 2 is 2.33 bits per heavy atom. The molecule has 0 fully saturated rings. The van der Waals surface area contributed by atoms with Crippen LogP contribution in [-0.2, 0) is 4.74 Å². The highest BCUT2D eigenvalue weighted by Crippen LogP contribution is 2.21. The van der Waals surface area contributed by atoms with E-state index in [0.29, 0.717) is 5.92 Å². The van der Waals surface area contributed by atoms with E-state index in [9.17, 15) is 0 Å². The summed E-state index contributed by atoms with van der Waals surface area (Å²) in [6.07, 6.45) is 11.9. The van der Waals surface area contributed by atoms with Gasteiger partial charge in [-0.25, -0.2) is 0 Å². The van der Waals surface area contributed by atoms with Crippen LogP contribution in [0.15, 0.2) is 48.1 Å². The summed E-state index contributed by atoms with van der Waals surface area (Å²) < 4.78 is 5.33. The number of methoxy groups -OCH3 is 1. The van der Waals surface area contributed by atoms with Crippen molar-refractivity contribution in [1.82, 2.24) is 0 Å². The van der Waals surface area contributed by atoms with E-state index in [2.05, 4.69) is 44.7 Å². The molecule has 1 aliphatic carbocycles. The number of hydrogen-bond acceptors (Lipinski definition) is 1. The molecule has 0 aromatic heterocycles. The van der Waals surface area contributed by atoms with E-state index in [1.54, 1.807) is 7.11 Å². The molecule has 0 saturated heterocycles. The zero-order chi connectivity index (χ0) is 11.3. The van der Waals surface area contributed by atoms with E-state index in [1.807, 2.05) is 6.08 Å². The van der Waals surface area contributed by atoms with Crippen molar-refractivity contribution >= 4 is 0 Å². The maximum Gasteiger partial charge on any atom is 0.0795 e. The Morgan fingerprint density at radius 1 is 1.60 bits per heavy atom. The van der Waals surface area contributed by atoms with Crippen LogP contribution >= 0.6 is 0 Å². The van der Waals surface area contributed by atoms with Crippen molar-refractivity contribution in [2.24, 2.45) is 5.92 Å². The highest BCUT2D eigenvalue weighted by Gasteiger charge is 2.10. The topological polar surface area (TPSA) is 9.23 Å². The molecule has 2 unspecified atom stereocenters. The van der Waals surface area contributed by atoms with Crippen LogP contribution in [0.4, 0.5) is 0 Å². The molecular formula is C14H20O. The fraction of sp³-hybridized carbons (Fsp3) is 0.429. The van der Waals surface area contributed by atoms with Crippen molar-refractivity contribution in [3.8, 4) is 0 Å². The van der Waals surface area contributed by atoms with Gasteiger partial charge in [0.2, 0.25) is 0 Å². The number of hydrogen-bond donors (Lipinski definition) is 0. The third-order valence-corrected chi connectivity index (χ3v) is 2.73. The van der Waals surface area contributed by atoms with Gasteiger partial charge in [-0.05, 0) is 36.5 Å². The molecule has 0 aromatic carbocycles. The second-order valence-electron chi connectivity index (χ2n) is 3.97. The molecule has 0 N–H and O–H groups in total. The van der Waals surface area contributed by atoms with Crippen LogP contribution in [0.2, 0.25) is 0 Å². The minimum Gasteiger partial charge on any atom is -0.377 e. The lowest BCUT2D eigenvalue weighted by Crippen LogP contribution is -2.10. The van der Waals surface area contributed by atoms with E-state index in [1.165, 1.54) is 11.1 Å². The standard InChI is InChI=1S/C14H20O/c1-5-11(2)6-8-13-10-14(15-4)9-7-12(13)3/h5-8,10-11,14H,1,9H2,2-4H3. The van der Waals surface area contributed by atoms with Crippen LogP contribution < -0.4 is 0 Å². The van der Waals surface area contributed by atoms with E-state index in [-0.39, 0.29) is 6.10 Å². The molecule has 0 amide bonds. The van der Waals surface area contributed by atoms with Crippen molar-refractivity contribution in [3.05, 3.63) is 48.1 Å². The van der Waals surface area contributed by atoms with Crippen LogP contribution in [0.25, 0.3) is 0 Å². The van der Waals surface area contributed by atoms with Gasteiger partial charge in [0.1, 0.15) is 0 Å². The minimum atomic E-state index is 0.229. The molecule has 0 aromatic rings. The first kappa shape index (κ1) is 12.0. The maximum atomic E-state index is 5.33. The first-order chi connectivity index (χ1) is 7.17. The Morgan fingerprint density at radius 3 is 2.93 bits per heavy atom. The molecule has 2 atom stereocenters. The van der Waals surface area contributed by atoms with Gasteiger partial charge in [0.05, 0.1) is 6.10 Å². The largest absolute Gasteiger partial charge is 0.377 e. The molecule has 0 bridgehead atoms. The molecule has 0 saturated carbocycles.